The molecule has 0 radical (unpaired) electrons. The molecular weight excluding hydrogens is 311 g/mol. The fourth-order valence-corrected chi connectivity index (χ4v) is 2.78. The lowest BCUT2D eigenvalue weighted by atomic mass is 10.2. The van der Waals surface area contributed by atoms with Crippen molar-refractivity contribution in [3.05, 3.63) is 54.3 Å². The van der Waals surface area contributed by atoms with Gasteiger partial charge < -0.3 is 20.1 Å². The second-order valence-corrected chi connectivity index (χ2v) is 5.66. The van der Waals surface area contributed by atoms with Crippen molar-refractivity contribution in [3.63, 3.8) is 0 Å². The van der Waals surface area contributed by atoms with E-state index in [9.17, 15) is 14.3 Å². The van der Waals surface area contributed by atoms with E-state index in [1.54, 1.807) is 17.0 Å². The van der Waals surface area contributed by atoms with Crippen LogP contribution >= 0.6 is 0 Å². The number of aliphatic hydroxyl groups is 1. The number of halogens is 1. The molecule has 2 aromatic rings. The van der Waals surface area contributed by atoms with Gasteiger partial charge in [0.1, 0.15) is 11.6 Å². The minimum absolute atomic E-state index is 0.0794. The van der Waals surface area contributed by atoms with Gasteiger partial charge in [-0.2, -0.15) is 0 Å². The molecule has 5 nitrogen and oxygen atoms in total. The lowest BCUT2D eigenvalue weighted by Gasteiger charge is -2.24. The Bertz CT molecular complexity index is 709. The molecule has 1 aliphatic heterocycles. The Hall–Kier alpha value is -2.60. The van der Waals surface area contributed by atoms with Crippen molar-refractivity contribution in [2.24, 2.45) is 0 Å². The maximum absolute atomic E-state index is 13.6. The Morgan fingerprint density at radius 3 is 2.83 bits per heavy atom. The topological polar surface area (TPSA) is 61.8 Å². The molecule has 1 fully saturated rings. The van der Waals surface area contributed by atoms with E-state index in [-0.39, 0.29) is 24.4 Å². The number of hydrogen-bond donors (Lipinski definition) is 2. The molecule has 2 aromatic carbocycles. The number of carbonyl (C=O) groups excluding carboxylic acids is 1. The number of aliphatic hydroxyl groups excluding tert-OH is 1. The highest BCUT2D eigenvalue weighted by Crippen LogP contribution is 2.31. The average Bonchev–Trinajstić information content (AvgIpc) is 3.07. The first-order valence-corrected chi connectivity index (χ1v) is 7.88. The fourth-order valence-electron chi connectivity index (χ4n) is 2.78. The van der Waals surface area contributed by atoms with Gasteiger partial charge in [-0.05, 0) is 37.1 Å². The molecule has 2 amide bonds. The van der Waals surface area contributed by atoms with E-state index in [2.05, 4.69) is 5.32 Å². The van der Waals surface area contributed by atoms with Crippen molar-refractivity contribution in [1.82, 2.24) is 4.90 Å². The molecule has 1 atom stereocenters. The Kier molecular flexibility index (Phi) is 4.96. The molecule has 0 aliphatic carbocycles. The second kappa shape index (κ2) is 7.31. The summed E-state index contributed by atoms with van der Waals surface area (Å²) >= 11 is 0. The zero-order chi connectivity index (χ0) is 16.9. The molecule has 24 heavy (non-hydrogen) atoms. The number of anilines is 1. The molecular formula is C18H19FN2O3. The van der Waals surface area contributed by atoms with Crippen LogP contribution in [0.1, 0.15) is 12.8 Å². The van der Waals surface area contributed by atoms with E-state index < -0.39 is 5.82 Å². The number of amides is 2. The monoisotopic (exact) mass is 330 g/mol. The highest BCUT2D eigenvalue weighted by Gasteiger charge is 2.28. The summed E-state index contributed by atoms with van der Waals surface area (Å²) in [6.45, 7) is 0.491. The number of urea groups is 1. The van der Waals surface area contributed by atoms with Crippen molar-refractivity contribution in [2.45, 2.75) is 18.9 Å². The summed E-state index contributed by atoms with van der Waals surface area (Å²) in [6, 6.07) is 12.5. The molecule has 1 aliphatic rings. The van der Waals surface area contributed by atoms with Gasteiger partial charge in [0.15, 0.2) is 5.75 Å². The number of para-hydroxylation sites is 1. The standard InChI is InChI=1S/C18H19FN2O3/c19-13-8-9-17(24-15-6-2-1-3-7-15)16(11-13)20-18(23)21-10-4-5-14(21)12-22/h1-3,6-9,11,14,22H,4-5,10,12H2,(H,20,23)/t14-/m0/s1. The van der Waals surface area contributed by atoms with Crippen molar-refractivity contribution < 1.29 is 19.0 Å². The van der Waals surface area contributed by atoms with Gasteiger partial charge in [-0.15, -0.1) is 0 Å². The summed E-state index contributed by atoms with van der Waals surface area (Å²) in [5, 5.41) is 12.0. The van der Waals surface area contributed by atoms with Crippen molar-refractivity contribution in [2.75, 3.05) is 18.5 Å². The molecule has 126 valence electrons. The van der Waals surface area contributed by atoms with E-state index in [1.807, 2.05) is 18.2 Å². The summed E-state index contributed by atoms with van der Waals surface area (Å²) in [7, 11) is 0. The maximum Gasteiger partial charge on any atom is 0.322 e. The lowest BCUT2D eigenvalue weighted by Crippen LogP contribution is -2.40. The predicted molar refractivity (Wildman–Crippen MR) is 88.7 cm³/mol. The van der Waals surface area contributed by atoms with Crippen LogP contribution in [0.3, 0.4) is 0 Å². The fraction of sp³-hybridized carbons (Fsp3) is 0.278. The maximum atomic E-state index is 13.6. The van der Waals surface area contributed by atoms with Crippen LogP contribution in [0.2, 0.25) is 0 Å². The van der Waals surface area contributed by atoms with Crippen LogP contribution in [-0.4, -0.2) is 35.2 Å². The van der Waals surface area contributed by atoms with E-state index in [0.717, 1.165) is 12.8 Å². The van der Waals surface area contributed by atoms with E-state index in [1.165, 1.54) is 18.2 Å². The van der Waals surface area contributed by atoms with E-state index in [0.29, 0.717) is 18.0 Å². The van der Waals surface area contributed by atoms with Crippen LogP contribution < -0.4 is 10.1 Å². The SMILES string of the molecule is O=C(Nc1cc(F)ccc1Oc1ccccc1)N1CCC[C@H]1CO. The first-order chi connectivity index (χ1) is 11.7. The van der Waals surface area contributed by atoms with Crippen molar-refractivity contribution in [3.8, 4) is 11.5 Å². The van der Waals surface area contributed by atoms with Crippen LogP contribution in [0.15, 0.2) is 48.5 Å². The Morgan fingerprint density at radius 2 is 2.08 bits per heavy atom. The third-order valence-electron chi connectivity index (χ3n) is 4.00. The van der Waals surface area contributed by atoms with Crippen molar-refractivity contribution in [1.29, 1.82) is 0 Å². The third-order valence-corrected chi connectivity index (χ3v) is 4.00. The van der Waals surface area contributed by atoms with Gasteiger partial charge in [-0.1, -0.05) is 18.2 Å². The molecule has 1 saturated heterocycles. The predicted octanol–water partition coefficient (Wildman–Crippen LogP) is 3.61. The minimum Gasteiger partial charge on any atom is -0.455 e. The summed E-state index contributed by atoms with van der Waals surface area (Å²) in [6.07, 6.45) is 1.61. The number of nitrogens with one attached hydrogen (secondary N) is 1. The lowest BCUT2D eigenvalue weighted by molar-refractivity contribution is 0.166. The van der Waals surface area contributed by atoms with Crippen molar-refractivity contribution >= 4 is 11.7 Å². The first-order valence-electron chi connectivity index (χ1n) is 7.88. The van der Waals surface area contributed by atoms with Crippen LogP contribution in [0.5, 0.6) is 11.5 Å². The number of likely N-dealkylation sites (tertiary alicyclic amines) is 1. The number of nitrogens with zero attached hydrogens (tertiary/aromatic N) is 1. The highest BCUT2D eigenvalue weighted by molar-refractivity contribution is 5.91. The van der Waals surface area contributed by atoms with Gasteiger partial charge in [0.25, 0.3) is 0 Å². The third kappa shape index (κ3) is 3.65. The smallest absolute Gasteiger partial charge is 0.322 e. The Morgan fingerprint density at radius 1 is 1.29 bits per heavy atom. The zero-order valence-corrected chi connectivity index (χ0v) is 13.1. The van der Waals surface area contributed by atoms with Crippen LogP contribution in [0, 0.1) is 5.82 Å². The van der Waals surface area contributed by atoms with Crippen LogP contribution in [0.4, 0.5) is 14.9 Å². The Balaban J connectivity index is 1.79. The van der Waals surface area contributed by atoms with Gasteiger partial charge in [0.05, 0.1) is 18.3 Å². The molecule has 6 heteroatoms. The number of rotatable bonds is 4. The van der Waals surface area contributed by atoms with Gasteiger partial charge in [-0.25, -0.2) is 9.18 Å². The average molecular weight is 330 g/mol. The Labute approximate surface area is 139 Å². The molecule has 3 rings (SSSR count). The van der Waals surface area contributed by atoms with Gasteiger partial charge in [-0.3, -0.25) is 0 Å². The second-order valence-electron chi connectivity index (χ2n) is 5.66. The quantitative estimate of drug-likeness (QED) is 0.900. The molecule has 0 saturated carbocycles. The number of benzene rings is 2. The molecule has 1 heterocycles. The largest absolute Gasteiger partial charge is 0.455 e. The molecule has 2 N–H and O–H groups in total. The normalized spacial score (nSPS) is 16.9. The summed E-state index contributed by atoms with van der Waals surface area (Å²) in [5.74, 6) is 0.482. The van der Waals surface area contributed by atoms with E-state index >= 15 is 0 Å². The van der Waals surface area contributed by atoms with Crippen LogP contribution in [0.25, 0.3) is 0 Å². The molecule has 0 bridgehead atoms. The molecule has 0 aromatic heterocycles. The number of hydrogen-bond acceptors (Lipinski definition) is 3. The van der Waals surface area contributed by atoms with Crippen LogP contribution in [-0.2, 0) is 0 Å². The number of ether oxygens (including phenoxy) is 1. The highest BCUT2D eigenvalue weighted by atomic mass is 19.1. The summed E-state index contributed by atoms with van der Waals surface area (Å²) in [4.78, 5) is 14.0. The van der Waals surface area contributed by atoms with Gasteiger partial charge in [0.2, 0.25) is 0 Å². The van der Waals surface area contributed by atoms with Gasteiger partial charge >= 0.3 is 6.03 Å². The minimum atomic E-state index is -0.467. The zero-order valence-electron chi connectivity index (χ0n) is 13.1. The molecule has 0 spiro atoms. The van der Waals surface area contributed by atoms with Gasteiger partial charge in [0, 0.05) is 12.6 Å². The molecule has 0 unspecified atom stereocenters. The summed E-state index contributed by atoms with van der Waals surface area (Å²) in [5.41, 5.74) is 0.257. The first kappa shape index (κ1) is 16.3. The number of carbonyl (C=O) groups is 1. The summed E-state index contributed by atoms with van der Waals surface area (Å²) < 4.78 is 19.3. The van der Waals surface area contributed by atoms with E-state index in [4.69, 9.17) is 4.74 Å².